The average Bonchev–Trinajstić information content (AvgIpc) is 2.82. The minimum absolute atomic E-state index is 0.0743. The minimum Gasteiger partial charge on any atom is -0.454 e. The lowest BCUT2D eigenvalue weighted by Gasteiger charge is -2.51. The first-order valence-corrected chi connectivity index (χ1v) is 12.4. The maximum absolute atomic E-state index is 14.0. The molecule has 1 amide bonds. The number of nitrogens with one attached hydrogen (secondary N) is 1. The van der Waals surface area contributed by atoms with Crippen LogP contribution in [0, 0.1) is 11.7 Å². The zero-order chi connectivity index (χ0) is 25.9. The third-order valence-electron chi connectivity index (χ3n) is 6.96. The molecule has 3 aliphatic heterocycles. The zero-order valence-electron chi connectivity index (χ0n) is 21.0. The van der Waals surface area contributed by atoms with Crippen molar-refractivity contribution in [3.63, 3.8) is 0 Å². The first kappa shape index (κ1) is 25.8. The quantitative estimate of drug-likeness (QED) is 0.348. The molecule has 0 aliphatic carbocycles. The van der Waals surface area contributed by atoms with E-state index in [1.807, 2.05) is 30.3 Å². The number of ether oxygens (including phenoxy) is 2. The summed E-state index contributed by atoms with van der Waals surface area (Å²) in [5.74, 6) is -0.929. The summed E-state index contributed by atoms with van der Waals surface area (Å²) < 4.78 is 25.8. The molecule has 8 heteroatoms. The van der Waals surface area contributed by atoms with Crippen LogP contribution in [0.25, 0.3) is 0 Å². The highest BCUT2D eigenvalue weighted by Crippen LogP contribution is 2.36. The van der Waals surface area contributed by atoms with Crippen LogP contribution in [0.4, 0.5) is 9.18 Å². The Hall–Kier alpha value is -3.26. The summed E-state index contributed by atoms with van der Waals surface area (Å²) in [5, 5.41) is 2.55. The molecule has 1 N–H and O–H groups in total. The number of rotatable bonds is 7. The van der Waals surface area contributed by atoms with Gasteiger partial charge in [-0.1, -0.05) is 42.5 Å². The van der Waals surface area contributed by atoms with E-state index in [9.17, 15) is 18.8 Å². The predicted molar refractivity (Wildman–Crippen MR) is 132 cm³/mol. The number of carbonyl (C=O) groups excluding carboxylic acids is 3. The Balaban J connectivity index is 1.48. The number of esters is 1. The smallest absolute Gasteiger partial charge is 0.408 e. The number of quaternary nitrogens is 1. The lowest BCUT2D eigenvalue weighted by Crippen LogP contribution is -2.66. The van der Waals surface area contributed by atoms with Crippen LogP contribution in [0.3, 0.4) is 0 Å². The number of Topliss-reactive ketones (excluding diaryl/α,β-unsaturated/α-hetero) is 1. The van der Waals surface area contributed by atoms with E-state index in [0.29, 0.717) is 23.1 Å². The van der Waals surface area contributed by atoms with E-state index in [-0.39, 0.29) is 23.4 Å². The second-order valence-corrected chi connectivity index (χ2v) is 10.9. The third kappa shape index (κ3) is 6.29. The first-order chi connectivity index (χ1) is 17.0. The van der Waals surface area contributed by atoms with Crippen molar-refractivity contribution in [1.29, 1.82) is 0 Å². The highest BCUT2D eigenvalue weighted by atomic mass is 19.1. The SMILES string of the molecule is CC(C)(C)OC(=O)NC(C(=O)O[C@H]1C[N+]2(CC(=O)c3ccccc3)CCC1CC2)c1cccc(F)c1. The number of hydrogen-bond donors (Lipinski definition) is 1. The summed E-state index contributed by atoms with van der Waals surface area (Å²) >= 11 is 0. The van der Waals surface area contributed by atoms with Crippen LogP contribution in [0.15, 0.2) is 54.6 Å². The van der Waals surface area contributed by atoms with E-state index in [1.165, 1.54) is 18.2 Å². The van der Waals surface area contributed by atoms with Gasteiger partial charge >= 0.3 is 12.1 Å². The summed E-state index contributed by atoms with van der Waals surface area (Å²) in [7, 11) is 0. The number of benzene rings is 2. The van der Waals surface area contributed by atoms with Gasteiger partial charge in [0.25, 0.3) is 0 Å². The fourth-order valence-corrected chi connectivity index (χ4v) is 5.20. The molecule has 0 radical (unpaired) electrons. The van der Waals surface area contributed by atoms with Crippen molar-refractivity contribution < 1.29 is 32.7 Å². The molecule has 3 fully saturated rings. The number of carbonyl (C=O) groups is 3. The average molecular weight is 498 g/mol. The lowest BCUT2D eigenvalue weighted by molar-refractivity contribution is -0.938. The van der Waals surface area contributed by atoms with Crippen molar-refractivity contribution in [3.05, 3.63) is 71.5 Å². The predicted octanol–water partition coefficient (Wildman–Crippen LogP) is 4.43. The number of nitrogens with zero attached hydrogens (tertiary/aromatic N) is 1. The van der Waals surface area contributed by atoms with Crippen LogP contribution < -0.4 is 5.32 Å². The summed E-state index contributed by atoms with van der Waals surface area (Å²) in [6.07, 6.45) is 0.522. The molecule has 3 heterocycles. The van der Waals surface area contributed by atoms with Gasteiger partial charge in [-0.05, 0) is 38.5 Å². The fourth-order valence-electron chi connectivity index (χ4n) is 5.20. The molecule has 7 nitrogen and oxygen atoms in total. The number of hydrogen-bond acceptors (Lipinski definition) is 5. The van der Waals surface area contributed by atoms with Crippen molar-refractivity contribution in [3.8, 4) is 0 Å². The number of fused-ring (bicyclic) bond motifs is 3. The molecule has 0 aromatic heterocycles. The van der Waals surface area contributed by atoms with E-state index in [1.54, 1.807) is 26.8 Å². The summed E-state index contributed by atoms with van der Waals surface area (Å²) in [5.41, 5.74) is 0.187. The van der Waals surface area contributed by atoms with Gasteiger partial charge in [0, 0.05) is 24.3 Å². The fraction of sp³-hybridized carbons (Fsp3) is 0.464. The Bertz CT molecular complexity index is 1110. The highest BCUT2D eigenvalue weighted by molar-refractivity contribution is 5.97. The number of ketones is 1. The molecule has 0 saturated carbocycles. The van der Waals surface area contributed by atoms with Gasteiger partial charge in [0.2, 0.25) is 5.78 Å². The Labute approximate surface area is 211 Å². The number of halogens is 1. The molecule has 2 aromatic rings. The second-order valence-electron chi connectivity index (χ2n) is 10.9. The van der Waals surface area contributed by atoms with Crippen molar-refractivity contribution in [2.45, 2.75) is 51.4 Å². The largest absolute Gasteiger partial charge is 0.454 e. The van der Waals surface area contributed by atoms with E-state index in [4.69, 9.17) is 9.47 Å². The summed E-state index contributed by atoms with van der Waals surface area (Å²) in [4.78, 5) is 38.8. The van der Waals surface area contributed by atoms with Crippen LogP contribution in [0.2, 0.25) is 0 Å². The Morgan fingerprint density at radius 3 is 2.39 bits per heavy atom. The lowest BCUT2D eigenvalue weighted by atomic mass is 9.82. The van der Waals surface area contributed by atoms with Gasteiger partial charge in [-0.25, -0.2) is 14.0 Å². The van der Waals surface area contributed by atoms with E-state index >= 15 is 0 Å². The van der Waals surface area contributed by atoms with Crippen molar-refractivity contribution >= 4 is 17.8 Å². The molecule has 1 unspecified atom stereocenters. The molecular formula is C28H34FN2O5+. The van der Waals surface area contributed by atoms with Gasteiger partial charge in [-0.15, -0.1) is 0 Å². The molecule has 36 heavy (non-hydrogen) atoms. The van der Waals surface area contributed by atoms with Crippen LogP contribution in [-0.4, -0.2) is 60.2 Å². The molecule has 2 atom stereocenters. The minimum atomic E-state index is -1.22. The zero-order valence-corrected chi connectivity index (χ0v) is 21.0. The normalized spacial score (nSPS) is 24.0. The molecule has 3 aliphatic rings. The van der Waals surface area contributed by atoms with Crippen LogP contribution in [0.1, 0.15) is 55.6 Å². The summed E-state index contributed by atoms with van der Waals surface area (Å²) in [6.45, 7) is 7.77. The molecule has 192 valence electrons. The standard InChI is InChI=1S/C28H33FN2O5/c1-28(2,3)36-27(34)30-25(21-10-7-11-22(29)16-21)26(33)35-24-18-31(14-12-20(24)13-15-31)17-23(32)19-8-5-4-6-9-19/h4-11,16,20,24-25H,12-15,17-18H2,1-3H3/p+1/t20?,24-,25?,31?/m0/s1. The molecule has 2 aromatic carbocycles. The van der Waals surface area contributed by atoms with Gasteiger partial charge in [-0.3, -0.25) is 4.79 Å². The number of alkyl carbamates (subject to hydrolysis) is 1. The van der Waals surface area contributed by atoms with Gasteiger partial charge in [0.1, 0.15) is 24.5 Å². The Morgan fingerprint density at radius 1 is 1.06 bits per heavy atom. The molecular weight excluding hydrogens is 463 g/mol. The molecule has 3 saturated heterocycles. The van der Waals surface area contributed by atoms with Crippen molar-refractivity contribution in [1.82, 2.24) is 5.32 Å². The van der Waals surface area contributed by atoms with Crippen LogP contribution in [0.5, 0.6) is 0 Å². The Kier molecular flexibility index (Phi) is 7.45. The van der Waals surface area contributed by atoms with Crippen LogP contribution >= 0.6 is 0 Å². The van der Waals surface area contributed by atoms with E-state index < -0.39 is 29.5 Å². The number of amides is 1. The number of piperidine rings is 3. The summed E-state index contributed by atoms with van der Waals surface area (Å²) in [6, 6.07) is 13.5. The van der Waals surface area contributed by atoms with Gasteiger partial charge in [-0.2, -0.15) is 0 Å². The topological polar surface area (TPSA) is 81.7 Å². The maximum atomic E-state index is 14.0. The van der Waals surface area contributed by atoms with E-state index in [2.05, 4.69) is 5.32 Å². The monoisotopic (exact) mass is 497 g/mol. The maximum Gasteiger partial charge on any atom is 0.408 e. The highest BCUT2D eigenvalue weighted by Gasteiger charge is 2.49. The van der Waals surface area contributed by atoms with Crippen molar-refractivity contribution in [2.75, 3.05) is 26.2 Å². The molecule has 0 spiro atoms. The second kappa shape index (κ2) is 10.4. The van der Waals surface area contributed by atoms with Gasteiger partial charge in [0.15, 0.2) is 12.1 Å². The van der Waals surface area contributed by atoms with Gasteiger partial charge < -0.3 is 19.3 Å². The van der Waals surface area contributed by atoms with Crippen LogP contribution in [-0.2, 0) is 14.3 Å². The van der Waals surface area contributed by atoms with E-state index in [0.717, 1.165) is 25.9 Å². The van der Waals surface area contributed by atoms with Gasteiger partial charge in [0.05, 0.1) is 13.1 Å². The molecule has 5 rings (SSSR count). The Morgan fingerprint density at radius 2 is 1.75 bits per heavy atom. The first-order valence-electron chi connectivity index (χ1n) is 12.4. The third-order valence-corrected chi connectivity index (χ3v) is 6.96. The van der Waals surface area contributed by atoms with Crippen molar-refractivity contribution in [2.24, 2.45) is 5.92 Å². The molecule has 2 bridgehead atoms.